The molecule has 15 N–H and O–H groups in total. The molecule has 19 atom stereocenters. The predicted octanol–water partition coefficient (Wildman–Crippen LogP) is 14.0. The third-order valence-corrected chi connectivity index (χ3v) is 25.5. The molecule has 40 heteroatoms. The van der Waals surface area contributed by atoms with Crippen molar-refractivity contribution in [3.05, 3.63) is 181 Å². The van der Waals surface area contributed by atoms with Crippen molar-refractivity contribution in [2.24, 2.45) is 64.9 Å². The van der Waals surface area contributed by atoms with Crippen molar-refractivity contribution >= 4 is 144 Å². The molecule has 1 saturated heterocycles. The third kappa shape index (κ3) is 34.1. The highest BCUT2D eigenvalue weighted by atomic mass is 16.7. The molecular formula is C108H145N15O25. The first-order valence-corrected chi connectivity index (χ1v) is 50.0. The zero-order valence-corrected chi connectivity index (χ0v) is 88.2. The lowest BCUT2D eigenvalue weighted by molar-refractivity contribution is -0.210. The summed E-state index contributed by atoms with van der Waals surface area (Å²) in [6, 6.07) is 35.3. The lowest BCUT2D eigenvalue weighted by atomic mass is 9.97. The number of benzene rings is 6. The van der Waals surface area contributed by atoms with Crippen LogP contribution in [0.3, 0.4) is 0 Å². The average Bonchev–Trinajstić information content (AvgIpc) is 1.60. The number of rotatable bonds is 39. The van der Waals surface area contributed by atoms with E-state index in [-0.39, 0.29) is 125 Å². The Morgan fingerprint density at radius 1 is 0.378 bits per heavy atom. The SMILES string of the molecule is CC(C)[C@@H](C)C(=O)N[C@@H](C)C(=O)N[C@H](CC(=O)O)C(=O)c1nc2ccccc2o1.CC(C)[C@@H](C)C(=O)N[C@@H](C)C(=O)N[C@H]1CC(=O)OC1(O)c1nc2ccccc2o1.CC[C@@H](C)C(O)c1nc2ccccc2o1.CC[C@@H](C)C=O.CC[C@@H](N)C(O)c1nc2ccccc2o1.CC[C@@H](NC(=O)[C@H](C)NC(=O)[C@H](C)C(C)C)C(=O)c1nc2ccccc2o1.CC[C@@H](NC(=O)[C@H](C)NC(=O)[C@H](C)C(C)C)C(O)c1nc2ccccc2o1. The summed E-state index contributed by atoms with van der Waals surface area (Å²) in [5.74, 6) is -7.94. The Morgan fingerprint density at radius 3 is 1.01 bits per heavy atom. The summed E-state index contributed by atoms with van der Waals surface area (Å²) in [4.78, 5) is 182. The molecule has 7 heterocycles. The fourth-order valence-electron chi connectivity index (χ4n) is 13.6. The summed E-state index contributed by atoms with van der Waals surface area (Å²) in [6.07, 6.45) is 0.953. The first kappa shape index (κ1) is 121. The normalized spacial score (nSPS) is 16.7. The minimum Gasteiger partial charge on any atom is -0.481 e. The van der Waals surface area contributed by atoms with Gasteiger partial charge >= 0.3 is 17.7 Å². The van der Waals surface area contributed by atoms with Gasteiger partial charge in [-0.25, -0.2) is 29.9 Å². The third-order valence-electron chi connectivity index (χ3n) is 25.5. The van der Waals surface area contributed by atoms with Crippen molar-refractivity contribution in [1.29, 1.82) is 0 Å². The van der Waals surface area contributed by atoms with Gasteiger partial charge in [-0.2, -0.15) is 0 Å². The number of nitrogens with zero attached hydrogens (tertiary/aromatic N) is 6. The van der Waals surface area contributed by atoms with E-state index < -0.39 is 120 Å². The monoisotopic (exact) mass is 2050 g/mol. The van der Waals surface area contributed by atoms with E-state index >= 15 is 0 Å². The van der Waals surface area contributed by atoms with Crippen molar-refractivity contribution in [2.75, 3.05) is 0 Å². The molecule has 0 bridgehead atoms. The number of hydrogen-bond donors (Lipinski definition) is 14. The summed E-state index contributed by atoms with van der Waals surface area (Å²) in [7, 11) is 0. The topological polar surface area (TPSA) is 611 Å². The molecule has 0 spiro atoms. The van der Waals surface area contributed by atoms with Crippen LogP contribution in [0.2, 0.25) is 0 Å². The number of carbonyl (C=O) groups is 13. The molecule has 802 valence electrons. The molecular weight excluding hydrogens is 1910 g/mol. The first-order chi connectivity index (χ1) is 69.9. The van der Waals surface area contributed by atoms with Gasteiger partial charge < -0.3 is 110 Å². The van der Waals surface area contributed by atoms with E-state index in [9.17, 15) is 82.8 Å². The Balaban J connectivity index is 0.000000241. The molecule has 0 radical (unpaired) electrons. The highest BCUT2D eigenvalue weighted by Gasteiger charge is 2.55. The van der Waals surface area contributed by atoms with Gasteiger partial charge in [0.15, 0.2) is 39.6 Å². The molecule has 0 saturated carbocycles. The van der Waals surface area contributed by atoms with Gasteiger partial charge in [0.05, 0.1) is 24.9 Å². The number of hydrogen-bond acceptors (Lipinski definition) is 31. The number of nitrogens with two attached hydrogens (primary N) is 1. The molecule has 148 heavy (non-hydrogen) atoms. The van der Waals surface area contributed by atoms with Gasteiger partial charge in [-0.3, -0.25) is 57.5 Å². The Kier molecular flexibility index (Phi) is 46.5. The maximum absolute atomic E-state index is 12.7. The molecule has 8 amide bonds. The predicted molar refractivity (Wildman–Crippen MR) is 552 cm³/mol. The van der Waals surface area contributed by atoms with Crippen LogP contribution in [0.4, 0.5) is 0 Å². The van der Waals surface area contributed by atoms with E-state index in [1.165, 1.54) is 13.8 Å². The van der Waals surface area contributed by atoms with Crippen LogP contribution in [0.25, 0.3) is 66.6 Å². The number of carboxylic acids is 1. The van der Waals surface area contributed by atoms with Crippen LogP contribution in [0.1, 0.15) is 267 Å². The number of nitrogens with one attached hydrogen (secondary N) is 8. The van der Waals surface area contributed by atoms with E-state index in [2.05, 4.69) is 72.4 Å². The van der Waals surface area contributed by atoms with Gasteiger partial charge in [-0.05, 0) is 156 Å². The van der Waals surface area contributed by atoms with Gasteiger partial charge in [0.1, 0.15) is 87.8 Å². The number of aliphatic hydroxyl groups is 4. The summed E-state index contributed by atoms with van der Waals surface area (Å²) < 4.78 is 38.0. The van der Waals surface area contributed by atoms with Crippen molar-refractivity contribution in [2.45, 2.75) is 283 Å². The number of ketones is 2. The quantitative estimate of drug-likeness (QED) is 0.00966. The molecule has 0 aliphatic carbocycles. The number of aromatic nitrogens is 6. The number of aliphatic hydroxyl groups excluding tert-OH is 3. The van der Waals surface area contributed by atoms with Crippen LogP contribution in [0.15, 0.2) is 172 Å². The lowest BCUT2D eigenvalue weighted by Gasteiger charge is -2.26. The number of carbonyl (C=O) groups excluding carboxylic acids is 12. The molecule has 6 aromatic carbocycles. The molecule has 6 aromatic heterocycles. The number of carboxylic acid groups (broad SMARTS) is 1. The maximum Gasteiger partial charge on any atom is 0.311 e. The van der Waals surface area contributed by atoms with Crippen LogP contribution in [0, 0.1) is 59.2 Å². The molecule has 13 rings (SSSR count). The molecule has 12 aromatic rings. The van der Waals surface area contributed by atoms with Crippen LogP contribution >= 0.6 is 0 Å². The van der Waals surface area contributed by atoms with Gasteiger partial charge in [-0.15, -0.1) is 0 Å². The minimum atomic E-state index is -2.24. The number of amides is 8. The Morgan fingerprint density at radius 2 is 0.696 bits per heavy atom. The van der Waals surface area contributed by atoms with Crippen LogP contribution in [0.5, 0.6) is 0 Å². The number of ether oxygens (including phenoxy) is 1. The van der Waals surface area contributed by atoms with Crippen LogP contribution in [-0.4, -0.2) is 187 Å². The minimum absolute atomic E-state index is 0.0338. The number of para-hydroxylation sites is 12. The van der Waals surface area contributed by atoms with Crippen molar-refractivity contribution in [3.63, 3.8) is 0 Å². The molecule has 1 aliphatic rings. The van der Waals surface area contributed by atoms with E-state index in [1.807, 2.05) is 171 Å². The van der Waals surface area contributed by atoms with Gasteiger partial charge in [0, 0.05) is 35.6 Å². The van der Waals surface area contributed by atoms with E-state index in [1.54, 1.807) is 120 Å². The van der Waals surface area contributed by atoms with E-state index in [0.717, 1.165) is 35.7 Å². The number of fused-ring (bicyclic) bond motifs is 6. The average molecular weight is 2050 g/mol. The van der Waals surface area contributed by atoms with Crippen molar-refractivity contribution < 1.29 is 119 Å². The first-order valence-electron chi connectivity index (χ1n) is 50.0. The summed E-state index contributed by atoms with van der Waals surface area (Å²) >= 11 is 0. The van der Waals surface area contributed by atoms with Crippen molar-refractivity contribution in [3.8, 4) is 0 Å². The maximum atomic E-state index is 12.7. The fourth-order valence-corrected chi connectivity index (χ4v) is 13.6. The number of aliphatic carboxylic acids is 1. The molecule has 40 nitrogen and oxygen atoms in total. The number of cyclic esters (lactones) is 1. The molecule has 4 unspecified atom stereocenters. The molecule has 1 aliphatic heterocycles. The second-order valence-electron chi connectivity index (χ2n) is 38.2. The highest BCUT2D eigenvalue weighted by molar-refractivity contribution is 6.03. The fraction of sp³-hybridized carbons (Fsp3) is 0.491. The summed E-state index contributed by atoms with van der Waals surface area (Å²) in [6.45, 7) is 42.3. The zero-order chi connectivity index (χ0) is 110. The molecule has 1 fully saturated rings. The number of esters is 1. The summed E-state index contributed by atoms with van der Waals surface area (Å²) in [5.41, 5.74) is 12.7. The van der Waals surface area contributed by atoms with Crippen LogP contribution in [-0.2, 0) is 63.3 Å². The lowest BCUT2D eigenvalue weighted by Crippen LogP contribution is -2.54. The Bertz CT molecular complexity index is 6130. The number of Topliss-reactive ketones (excluding diaryl/α,β-unsaturated/α-hetero) is 2. The van der Waals surface area contributed by atoms with Gasteiger partial charge in [0.2, 0.25) is 76.5 Å². The second-order valence-corrected chi connectivity index (χ2v) is 38.2. The van der Waals surface area contributed by atoms with E-state index in [4.69, 9.17) is 42.1 Å². The standard InChI is InChI=1S/2C20H25N3O6.C20H29N3O4.C20H27N3O4.C12H15NO2.C11H14N2O2.C5H10O/c1-10(2)11(3)17(25)21-12(4)18(26)23-15-9-16(24)29-20(15,27)19-22-13-7-5-6-8-14(13)28-19;1-10(2)11(3)18(27)21-12(4)19(28)22-14(9-16(24)25)17(26)20-23-13-7-5-6-8-15(13)29-20;2*1-6-14(17(24)20-23-15-9-7-8-10-16(15)27-20)22-19(26)13(5)21-18(25)12(4)11(2)3;1-3-8(2)11(14)12-13-9-6-4-5-7-10(9)15-12;1-2-7(12)10(14)11-13-8-5-3-4-6-9(8)15-11;1-3-5(2)4-6/h5-8,10-12,15,27H,9H2,1-4H3,(H,21,25)(H,23,26);5-8,10-12,14H,9H2,1-4H3,(H,21,27)(H,22,28)(H,24,25);7-14,17,24H,6H2,1-5H3,(H,21,25)(H,22,26);7-14H,6H2,1-5H3,(H,21,25)(H,22,26);4-8,11,14H,3H2,1-2H3;3-7,10,14H,2,12H2,1H3;4-5H,3H2,1-2H3/t11-,12+,15+,20?;11-,12+,14-;12-,13+,14-,17?;12-,13+,14-;8-,11?;7-,10?;5-/m1111111/s1. The van der Waals surface area contributed by atoms with Crippen LogP contribution < -0.4 is 48.3 Å². The largest absolute Gasteiger partial charge is 0.481 e. The Labute approximate surface area is 859 Å². The smallest absolute Gasteiger partial charge is 0.311 e. The number of oxazole rings is 6. The Hall–Kier alpha value is -14.4. The van der Waals surface area contributed by atoms with Gasteiger partial charge in [0.25, 0.3) is 17.7 Å². The highest BCUT2D eigenvalue weighted by Crippen LogP contribution is 2.37. The summed E-state index contributed by atoms with van der Waals surface area (Å²) in [5, 5.41) is 71.5. The van der Waals surface area contributed by atoms with Gasteiger partial charge in [-0.1, -0.05) is 211 Å². The second kappa shape index (κ2) is 57.1. The number of aldehydes is 1. The zero-order valence-electron chi connectivity index (χ0n) is 88.2. The van der Waals surface area contributed by atoms with Crippen molar-refractivity contribution in [1.82, 2.24) is 72.4 Å². The van der Waals surface area contributed by atoms with E-state index in [0.29, 0.717) is 81.0 Å².